The number of aromatic nitrogens is 2. The summed E-state index contributed by atoms with van der Waals surface area (Å²) in [6, 6.07) is 9.19. The highest BCUT2D eigenvalue weighted by molar-refractivity contribution is 7.89. The molecule has 0 aliphatic carbocycles. The first kappa shape index (κ1) is 22.7. The van der Waals surface area contributed by atoms with Crippen LogP contribution in [-0.2, 0) is 14.8 Å². The van der Waals surface area contributed by atoms with E-state index in [9.17, 15) is 17.6 Å². The summed E-state index contributed by atoms with van der Waals surface area (Å²) in [5.74, 6) is -1.52. The number of benzene rings is 2. The second-order valence-corrected chi connectivity index (χ2v) is 9.96. The molecule has 3 aromatic rings. The van der Waals surface area contributed by atoms with Crippen LogP contribution in [0.25, 0.3) is 11.5 Å². The van der Waals surface area contributed by atoms with Crippen LogP contribution in [0.5, 0.6) is 0 Å². The Hall–Kier alpha value is -2.53. The number of nitrogens with zero attached hydrogens (tertiary/aromatic N) is 3. The maximum atomic E-state index is 13.1. The van der Waals surface area contributed by atoms with Gasteiger partial charge in [-0.2, -0.15) is 4.31 Å². The van der Waals surface area contributed by atoms with E-state index in [0.29, 0.717) is 28.5 Å². The monoisotopic (exact) mass is 498 g/mol. The zero-order valence-electron chi connectivity index (χ0n) is 16.5. The van der Waals surface area contributed by atoms with Gasteiger partial charge in [-0.25, -0.2) is 12.8 Å². The zero-order valence-corrected chi connectivity index (χ0v) is 18.8. The van der Waals surface area contributed by atoms with Crippen molar-refractivity contribution in [2.24, 2.45) is 5.92 Å². The van der Waals surface area contributed by atoms with Crippen LogP contribution in [-0.4, -0.2) is 41.9 Å². The van der Waals surface area contributed by atoms with Gasteiger partial charge < -0.3 is 4.42 Å². The molecule has 2 heterocycles. The molecule has 8 nitrogen and oxygen atoms in total. The molecule has 1 atom stereocenters. The van der Waals surface area contributed by atoms with Crippen LogP contribution in [0.1, 0.15) is 12.8 Å². The van der Waals surface area contributed by atoms with Crippen LogP contribution in [0.2, 0.25) is 10.0 Å². The molecule has 1 aliphatic heterocycles. The van der Waals surface area contributed by atoms with E-state index >= 15 is 0 Å². The van der Waals surface area contributed by atoms with E-state index < -0.39 is 27.7 Å². The largest absolute Gasteiger partial charge is 0.403 e. The minimum Gasteiger partial charge on any atom is -0.403 e. The standard InChI is InChI=1S/C20H17Cl2FN4O4S/c21-13-3-8-17(22)16(10-13)19-25-26-20(31-19)24-18(28)12-2-1-9-27(11-12)32(29,30)15-6-4-14(23)5-7-15/h3-8,10,12H,1-2,9,11H2,(H,24,26,28). The average molecular weight is 499 g/mol. The first-order valence-corrected chi connectivity index (χ1v) is 11.8. The van der Waals surface area contributed by atoms with Gasteiger partial charge in [-0.15, -0.1) is 5.10 Å². The Balaban J connectivity index is 1.46. The van der Waals surface area contributed by atoms with Gasteiger partial charge in [0, 0.05) is 18.1 Å². The fourth-order valence-corrected chi connectivity index (χ4v) is 5.28. The molecule has 0 radical (unpaired) electrons. The zero-order chi connectivity index (χ0) is 22.9. The van der Waals surface area contributed by atoms with Crippen molar-refractivity contribution < 1.29 is 22.0 Å². The number of rotatable bonds is 5. The molecule has 1 saturated heterocycles. The number of anilines is 1. The summed E-state index contributed by atoms with van der Waals surface area (Å²) < 4.78 is 45.6. The molecule has 168 valence electrons. The number of hydrogen-bond donors (Lipinski definition) is 1. The quantitative estimate of drug-likeness (QED) is 0.564. The SMILES string of the molecule is O=C(Nc1nnc(-c2cc(Cl)ccc2Cl)o1)C1CCCN(S(=O)(=O)c2ccc(F)cc2)C1. The number of carbonyl (C=O) groups is 1. The van der Waals surface area contributed by atoms with Crippen molar-refractivity contribution in [1.82, 2.24) is 14.5 Å². The average Bonchev–Trinajstić information content (AvgIpc) is 3.24. The molecule has 1 unspecified atom stereocenters. The van der Waals surface area contributed by atoms with Gasteiger partial charge >= 0.3 is 6.01 Å². The van der Waals surface area contributed by atoms with E-state index in [1.54, 1.807) is 18.2 Å². The summed E-state index contributed by atoms with van der Waals surface area (Å²) >= 11 is 12.1. The fraction of sp³-hybridized carbons (Fsp3) is 0.250. The molecule has 12 heteroatoms. The van der Waals surface area contributed by atoms with Gasteiger partial charge in [-0.3, -0.25) is 10.1 Å². The first-order valence-electron chi connectivity index (χ1n) is 9.59. The topological polar surface area (TPSA) is 105 Å². The van der Waals surface area contributed by atoms with Crippen molar-refractivity contribution in [1.29, 1.82) is 0 Å². The fourth-order valence-electron chi connectivity index (χ4n) is 3.38. The van der Waals surface area contributed by atoms with E-state index in [0.717, 1.165) is 12.1 Å². The molecule has 1 aliphatic rings. The predicted octanol–water partition coefficient (Wildman–Crippen LogP) is 4.22. The Morgan fingerprint density at radius 3 is 2.66 bits per heavy atom. The van der Waals surface area contributed by atoms with Crippen molar-refractivity contribution in [3.63, 3.8) is 0 Å². The molecule has 1 N–H and O–H groups in total. The molecule has 0 bridgehead atoms. The van der Waals surface area contributed by atoms with Gasteiger partial charge in [-0.1, -0.05) is 28.3 Å². The lowest BCUT2D eigenvalue weighted by molar-refractivity contribution is -0.121. The normalized spacial score (nSPS) is 17.3. The lowest BCUT2D eigenvalue weighted by Gasteiger charge is -2.30. The molecule has 4 rings (SSSR count). The van der Waals surface area contributed by atoms with Gasteiger partial charge in [0.2, 0.25) is 15.9 Å². The van der Waals surface area contributed by atoms with E-state index in [4.69, 9.17) is 27.6 Å². The predicted molar refractivity (Wildman–Crippen MR) is 116 cm³/mol. The van der Waals surface area contributed by atoms with Crippen molar-refractivity contribution in [3.05, 3.63) is 58.3 Å². The third kappa shape index (κ3) is 4.78. The van der Waals surface area contributed by atoms with Gasteiger partial charge in [-0.05, 0) is 55.3 Å². The summed E-state index contributed by atoms with van der Waals surface area (Å²) in [4.78, 5) is 12.7. The van der Waals surface area contributed by atoms with Gasteiger partial charge in [0.25, 0.3) is 5.89 Å². The van der Waals surface area contributed by atoms with Gasteiger partial charge in [0.15, 0.2) is 0 Å². The second kappa shape index (κ2) is 9.14. The van der Waals surface area contributed by atoms with E-state index in [1.165, 1.54) is 16.4 Å². The molecule has 0 spiro atoms. The summed E-state index contributed by atoms with van der Waals surface area (Å²) in [5.41, 5.74) is 0.418. The maximum Gasteiger partial charge on any atom is 0.322 e. The lowest BCUT2D eigenvalue weighted by atomic mass is 9.99. The molecular formula is C20H17Cl2FN4O4S. The van der Waals surface area contributed by atoms with E-state index in [1.807, 2.05) is 0 Å². The molecule has 2 aromatic carbocycles. The van der Waals surface area contributed by atoms with Crippen LogP contribution >= 0.6 is 23.2 Å². The minimum atomic E-state index is -3.85. The number of nitrogens with one attached hydrogen (secondary N) is 1. The molecule has 1 fully saturated rings. The number of carbonyl (C=O) groups excluding carboxylic acids is 1. The van der Waals surface area contributed by atoms with Crippen LogP contribution in [0.3, 0.4) is 0 Å². The van der Waals surface area contributed by atoms with Gasteiger partial charge in [0.1, 0.15) is 5.82 Å². The first-order chi connectivity index (χ1) is 15.2. The Morgan fingerprint density at radius 2 is 1.91 bits per heavy atom. The number of amides is 1. The summed E-state index contributed by atoms with van der Waals surface area (Å²) in [6.45, 7) is 0.244. The van der Waals surface area contributed by atoms with Crippen LogP contribution in [0.15, 0.2) is 51.8 Å². The van der Waals surface area contributed by atoms with Gasteiger partial charge in [0.05, 0.1) is 21.4 Å². The Morgan fingerprint density at radius 1 is 1.16 bits per heavy atom. The van der Waals surface area contributed by atoms with Crippen molar-refractivity contribution in [2.75, 3.05) is 18.4 Å². The highest BCUT2D eigenvalue weighted by Gasteiger charge is 2.34. The third-order valence-corrected chi connectivity index (χ3v) is 7.46. The maximum absolute atomic E-state index is 13.1. The number of sulfonamides is 1. The van der Waals surface area contributed by atoms with Crippen molar-refractivity contribution >= 4 is 45.1 Å². The Kier molecular flexibility index (Phi) is 6.47. The molecule has 0 saturated carbocycles. The smallest absolute Gasteiger partial charge is 0.322 e. The molecule has 1 aromatic heterocycles. The lowest BCUT2D eigenvalue weighted by Crippen LogP contribution is -2.43. The summed E-state index contributed by atoms with van der Waals surface area (Å²) in [5, 5.41) is 11.0. The number of piperidine rings is 1. The summed E-state index contributed by atoms with van der Waals surface area (Å²) in [7, 11) is -3.85. The second-order valence-electron chi connectivity index (χ2n) is 7.18. The summed E-state index contributed by atoms with van der Waals surface area (Å²) in [6.07, 6.45) is 0.980. The minimum absolute atomic E-state index is 0.0212. The molecule has 1 amide bonds. The van der Waals surface area contributed by atoms with E-state index in [2.05, 4.69) is 15.5 Å². The highest BCUT2D eigenvalue weighted by atomic mass is 35.5. The van der Waals surface area contributed by atoms with Crippen LogP contribution in [0.4, 0.5) is 10.4 Å². The highest BCUT2D eigenvalue weighted by Crippen LogP contribution is 2.31. The number of hydrogen-bond acceptors (Lipinski definition) is 6. The van der Waals surface area contributed by atoms with Crippen molar-refractivity contribution in [2.45, 2.75) is 17.7 Å². The number of halogens is 3. The molecular weight excluding hydrogens is 482 g/mol. The van der Waals surface area contributed by atoms with Crippen LogP contribution in [0, 0.1) is 11.7 Å². The van der Waals surface area contributed by atoms with Crippen molar-refractivity contribution in [3.8, 4) is 11.5 Å². The van der Waals surface area contributed by atoms with Crippen LogP contribution < -0.4 is 5.32 Å². The third-order valence-electron chi connectivity index (χ3n) is 5.02. The Bertz CT molecular complexity index is 1250. The molecule has 32 heavy (non-hydrogen) atoms. The van der Waals surface area contributed by atoms with E-state index in [-0.39, 0.29) is 29.9 Å². The Labute approximate surface area is 193 Å².